The van der Waals surface area contributed by atoms with Gasteiger partial charge in [0.05, 0.1) is 17.9 Å². The highest BCUT2D eigenvalue weighted by Gasteiger charge is 2.08. The van der Waals surface area contributed by atoms with Gasteiger partial charge in [-0.25, -0.2) is 4.68 Å². The Morgan fingerprint density at radius 3 is 2.66 bits per heavy atom. The molecule has 9 heteroatoms. The molecule has 0 spiro atoms. The van der Waals surface area contributed by atoms with Crippen molar-refractivity contribution in [3.05, 3.63) is 78.6 Å². The zero-order valence-corrected chi connectivity index (χ0v) is 15.3. The number of nitrogens with one attached hydrogen (secondary N) is 1. The summed E-state index contributed by atoms with van der Waals surface area (Å²) in [4.78, 5) is 12.3. The molecule has 1 N–H and O–H groups in total. The van der Waals surface area contributed by atoms with E-state index in [0.717, 1.165) is 11.3 Å². The Bertz CT molecular complexity index is 1070. The van der Waals surface area contributed by atoms with Gasteiger partial charge in [0, 0.05) is 17.2 Å². The van der Waals surface area contributed by atoms with E-state index < -0.39 is 0 Å². The maximum Gasteiger partial charge on any atom is 0.251 e. The van der Waals surface area contributed by atoms with Gasteiger partial charge in [-0.05, 0) is 34.7 Å². The molecule has 0 saturated heterocycles. The van der Waals surface area contributed by atoms with Crippen molar-refractivity contribution in [3.8, 4) is 22.8 Å². The highest BCUT2D eigenvalue weighted by atomic mass is 16.5. The van der Waals surface area contributed by atoms with E-state index in [1.807, 2.05) is 42.5 Å². The van der Waals surface area contributed by atoms with Crippen molar-refractivity contribution >= 4 is 5.91 Å². The average molecular weight is 387 g/mol. The lowest BCUT2D eigenvalue weighted by molar-refractivity contribution is 0.0946. The third-order valence-corrected chi connectivity index (χ3v) is 4.07. The minimum Gasteiger partial charge on any atom is -0.475 e. The molecule has 0 saturated carbocycles. The maximum atomic E-state index is 12.3. The van der Waals surface area contributed by atoms with Gasteiger partial charge in [-0.1, -0.05) is 36.4 Å². The van der Waals surface area contributed by atoms with E-state index >= 15 is 0 Å². The SMILES string of the molecule is O=C(NCCOc1ccc(-c2ccccc2)nn1)c1cccc(-n2cnnn2)c1. The summed E-state index contributed by atoms with van der Waals surface area (Å²) < 4.78 is 7.03. The normalized spacial score (nSPS) is 10.5. The first-order valence-electron chi connectivity index (χ1n) is 8.93. The summed E-state index contributed by atoms with van der Waals surface area (Å²) in [5.41, 5.74) is 2.97. The molecule has 0 fully saturated rings. The first-order chi connectivity index (χ1) is 14.3. The van der Waals surface area contributed by atoms with Crippen LogP contribution in [0.2, 0.25) is 0 Å². The molecule has 0 aliphatic rings. The predicted molar refractivity (Wildman–Crippen MR) is 104 cm³/mol. The van der Waals surface area contributed by atoms with Gasteiger partial charge in [-0.3, -0.25) is 4.79 Å². The van der Waals surface area contributed by atoms with Crippen LogP contribution in [-0.2, 0) is 0 Å². The Kier molecular flexibility index (Phi) is 5.47. The van der Waals surface area contributed by atoms with Gasteiger partial charge >= 0.3 is 0 Å². The zero-order chi connectivity index (χ0) is 19.9. The summed E-state index contributed by atoms with van der Waals surface area (Å²) in [7, 11) is 0. The highest BCUT2D eigenvalue weighted by molar-refractivity contribution is 5.94. The minimum absolute atomic E-state index is 0.214. The van der Waals surface area contributed by atoms with Crippen molar-refractivity contribution in [2.45, 2.75) is 0 Å². The second-order valence-corrected chi connectivity index (χ2v) is 6.03. The third kappa shape index (κ3) is 4.59. The van der Waals surface area contributed by atoms with Crippen LogP contribution >= 0.6 is 0 Å². The average Bonchev–Trinajstić information content (AvgIpc) is 3.33. The molecule has 2 aromatic carbocycles. The molecule has 1 amide bonds. The molecule has 0 aliphatic heterocycles. The molecule has 0 atom stereocenters. The minimum atomic E-state index is -0.214. The van der Waals surface area contributed by atoms with Gasteiger partial charge in [-0.15, -0.1) is 15.3 Å². The smallest absolute Gasteiger partial charge is 0.251 e. The van der Waals surface area contributed by atoms with E-state index in [4.69, 9.17) is 4.74 Å². The van der Waals surface area contributed by atoms with Crippen LogP contribution in [0, 0.1) is 0 Å². The molecule has 29 heavy (non-hydrogen) atoms. The zero-order valence-electron chi connectivity index (χ0n) is 15.3. The fraction of sp³-hybridized carbons (Fsp3) is 0.100. The number of nitrogens with zero attached hydrogens (tertiary/aromatic N) is 6. The first-order valence-corrected chi connectivity index (χ1v) is 8.93. The van der Waals surface area contributed by atoms with Crippen LogP contribution in [0.3, 0.4) is 0 Å². The van der Waals surface area contributed by atoms with Gasteiger partial charge < -0.3 is 10.1 Å². The summed E-state index contributed by atoms with van der Waals surface area (Å²) in [6.07, 6.45) is 1.47. The van der Waals surface area contributed by atoms with Crippen LogP contribution in [0.1, 0.15) is 10.4 Å². The number of carbonyl (C=O) groups excluding carboxylic acids is 1. The van der Waals surface area contributed by atoms with E-state index in [1.165, 1.54) is 11.0 Å². The van der Waals surface area contributed by atoms with E-state index in [1.54, 1.807) is 24.3 Å². The number of ether oxygens (including phenoxy) is 1. The van der Waals surface area contributed by atoms with Crippen LogP contribution in [0.5, 0.6) is 5.88 Å². The fourth-order valence-electron chi connectivity index (χ4n) is 2.65. The summed E-state index contributed by atoms with van der Waals surface area (Å²) in [6, 6.07) is 20.4. The molecular formula is C20H17N7O2. The second-order valence-electron chi connectivity index (χ2n) is 6.03. The molecule has 144 valence electrons. The van der Waals surface area contributed by atoms with E-state index in [2.05, 4.69) is 31.0 Å². The lowest BCUT2D eigenvalue weighted by atomic mass is 10.1. The molecule has 4 aromatic rings. The van der Waals surface area contributed by atoms with Gasteiger partial charge in [0.2, 0.25) is 5.88 Å². The Balaban J connectivity index is 1.27. The summed E-state index contributed by atoms with van der Waals surface area (Å²) in [5, 5.41) is 22.0. The largest absolute Gasteiger partial charge is 0.475 e. The van der Waals surface area contributed by atoms with Crippen LogP contribution in [0.15, 0.2) is 73.1 Å². The Morgan fingerprint density at radius 1 is 1.00 bits per heavy atom. The van der Waals surface area contributed by atoms with Crippen LogP contribution in [0.25, 0.3) is 16.9 Å². The quantitative estimate of drug-likeness (QED) is 0.483. The highest BCUT2D eigenvalue weighted by Crippen LogP contribution is 2.16. The van der Waals surface area contributed by atoms with Gasteiger partial charge in [0.1, 0.15) is 12.9 Å². The second kappa shape index (κ2) is 8.70. The lowest BCUT2D eigenvalue weighted by Gasteiger charge is -2.08. The number of tetrazole rings is 1. The number of benzene rings is 2. The lowest BCUT2D eigenvalue weighted by Crippen LogP contribution is -2.28. The monoisotopic (exact) mass is 387 g/mol. The standard InChI is InChI=1S/C20H17N7O2/c28-20(16-7-4-8-17(13-16)27-14-22-25-26-27)21-11-12-29-19-10-9-18(23-24-19)15-5-2-1-3-6-15/h1-10,13-14H,11-12H2,(H,21,28). The molecule has 0 radical (unpaired) electrons. The number of amides is 1. The molecule has 0 bridgehead atoms. The molecule has 4 rings (SSSR count). The molecule has 2 aromatic heterocycles. The number of carbonyl (C=O) groups is 1. The van der Waals surface area contributed by atoms with Crippen molar-refractivity contribution in [2.75, 3.05) is 13.2 Å². The number of rotatable bonds is 7. The topological polar surface area (TPSA) is 108 Å². The third-order valence-electron chi connectivity index (χ3n) is 4.07. The number of hydrogen-bond acceptors (Lipinski definition) is 7. The first kappa shape index (κ1) is 18.2. The Labute approximate surface area is 166 Å². The Morgan fingerprint density at radius 2 is 1.90 bits per heavy atom. The summed E-state index contributed by atoms with van der Waals surface area (Å²) in [5.74, 6) is 0.189. The van der Waals surface area contributed by atoms with Crippen LogP contribution in [0.4, 0.5) is 0 Å². The summed E-state index contributed by atoms with van der Waals surface area (Å²) >= 11 is 0. The maximum absolute atomic E-state index is 12.3. The molecule has 2 heterocycles. The van der Waals surface area contributed by atoms with Crippen molar-refractivity contribution in [1.82, 2.24) is 35.7 Å². The van der Waals surface area contributed by atoms with Crippen molar-refractivity contribution < 1.29 is 9.53 Å². The van der Waals surface area contributed by atoms with Crippen LogP contribution < -0.4 is 10.1 Å². The van der Waals surface area contributed by atoms with Crippen molar-refractivity contribution in [1.29, 1.82) is 0 Å². The molecule has 0 aliphatic carbocycles. The summed E-state index contributed by atoms with van der Waals surface area (Å²) in [6.45, 7) is 0.605. The van der Waals surface area contributed by atoms with E-state index in [9.17, 15) is 4.79 Å². The van der Waals surface area contributed by atoms with E-state index in [0.29, 0.717) is 23.7 Å². The number of aromatic nitrogens is 6. The fourth-order valence-corrected chi connectivity index (χ4v) is 2.65. The van der Waals surface area contributed by atoms with Crippen molar-refractivity contribution in [2.24, 2.45) is 0 Å². The predicted octanol–water partition coefficient (Wildman–Crippen LogP) is 1.93. The molecule has 9 nitrogen and oxygen atoms in total. The number of hydrogen-bond donors (Lipinski definition) is 1. The van der Waals surface area contributed by atoms with Gasteiger partial charge in [-0.2, -0.15) is 0 Å². The van der Waals surface area contributed by atoms with Gasteiger partial charge in [0.15, 0.2) is 0 Å². The Hall–Kier alpha value is -4.14. The van der Waals surface area contributed by atoms with Crippen molar-refractivity contribution in [3.63, 3.8) is 0 Å². The van der Waals surface area contributed by atoms with E-state index in [-0.39, 0.29) is 12.5 Å². The van der Waals surface area contributed by atoms with Gasteiger partial charge in [0.25, 0.3) is 5.91 Å². The molecule has 0 unspecified atom stereocenters. The molecular weight excluding hydrogens is 370 g/mol. The van der Waals surface area contributed by atoms with Crippen LogP contribution in [-0.4, -0.2) is 49.5 Å².